The van der Waals surface area contributed by atoms with Gasteiger partial charge >= 0.3 is 5.97 Å². The van der Waals surface area contributed by atoms with Gasteiger partial charge in [-0.05, 0) is 54.5 Å². The lowest BCUT2D eigenvalue weighted by atomic mass is 10.1. The van der Waals surface area contributed by atoms with Gasteiger partial charge < -0.3 is 9.84 Å². The molecule has 0 aliphatic carbocycles. The molecular formula is C20H18O3. The first kappa shape index (κ1) is 16.5. The van der Waals surface area contributed by atoms with Gasteiger partial charge in [-0.25, -0.2) is 4.79 Å². The van der Waals surface area contributed by atoms with Crippen molar-refractivity contribution in [2.24, 2.45) is 0 Å². The van der Waals surface area contributed by atoms with E-state index >= 15 is 0 Å². The molecule has 1 N–H and O–H groups in total. The Kier molecular flexibility index (Phi) is 6.17. The van der Waals surface area contributed by atoms with E-state index in [1.807, 2.05) is 30.3 Å². The predicted octanol–water partition coefficient (Wildman–Crippen LogP) is 3.42. The second-order valence-electron chi connectivity index (χ2n) is 4.80. The first-order valence-corrected chi connectivity index (χ1v) is 7.38. The van der Waals surface area contributed by atoms with Crippen LogP contribution >= 0.6 is 0 Å². The molecule has 0 unspecified atom stereocenters. The van der Waals surface area contributed by atoms with E-state index in [9.17, 15) is 4.79 Å². The van der Waals surface area contributed by atoms with Crippen molar-refractivity contribution in [1.29, 1.82) is 0 Å². The molecule has 0 saturated heterocycles. The zero-order valence-corrected chi connectivity index (χ0v) is 13.0. The molecule has 0 aromatic heterocycles. The minimum absolute atomic E-state index is 0.0472. The molecule has 0 aliphatic rings. The van der Waals surface area contributed by atoms with Crippen molar-refractivity contribution < 1.29 is 14.6 Å². The monoisotopic (exact) mass is 306 g/mol. The predicted molar refractivity (Wildman–Crippen MR) is 90.7 cm³/mol. The maximum absolute atomic E-state index is 11.5. The lowest BCUT2D eigenvalue weighted by Gasteiger charge is -2.00. The molecule has 0 heterocycles. The van der Waals surface area contributed by atoms with E-state index in [2.05, 4.69) is 11.8 Å². The molecule has 0 aliphatic heterocycles. The third-order valence-corrected chi connectivity index (χ3v) is 3.13. The molecule has 116 valence electrons. The van der Waals surface area contributed by atoms with Crippen molar-refractivity contribution in [1.82, 2.24) is 0 Å². The molecule has 0 spiro atoms. The number of hydrogen-bond acceptors (Lipinski definition) is 3. The van der Waals surface area contributed by atoms with Crippen molar-refractivity contribution in [3.05, 3.63) is 76.9 Å². The van der Waals surface area contributed by atoms with Gasteiger partial charge in [-0.3, -0.25) is 0 Å². The van der Waals surface area contributed by atoms with E-state index in [4.69, 9.17) is 9.84 Å². The van der Waals surface area contributed by atoms with Crippen LogP contribution < -0.4 is 0 Å². The van der Waals surface area contributed by atoms with Crippen LogP contribution in [0.2, 0.25) is 0 Å². The molecule has 0 radical (unpaired) electrons. The lowest BCUT2D eigenvalue weighted by molar-refractivity contribution is 0.0526. The van der Waals surface area contributed by atoms with Crippen LogP contribution in [0.5, 0.6) is 0 Å². The SMILES string of the molecule is CCOC(=O)c1ccc(C#C/C=C/c2ccc(CO)cc2)cc1. The van der Waals surface area contributed by atoms with E-state index in [1.54, 1.807) is 37.3 Å². The maximum Gasteiger partial charge on any atom is 0.338 e. The standard InChI is InChI=1S/C20H18O3/c1-2-23-20(22)19-13-11-17(12-14-19)6-4-3-5-16-7-9-18(15-21)10-8-16/h3,5,7-14,21H,2,15H2,1H3/b5-3+. The third kappa shape index (κ3) is 5.14. The highest BCUT2D eigenvalue weighted by atomic mass is 16.5. The van der Waals surface area contributed by atoms with Crippen molar-refractivity contribution in [2.45, 2.75) is 13.5 Å². The Bertz CT molecular complexity index is 729. The topological polar surface area (TPSA) is 46.5 Å². The summed E-state index contributed by atoms with van der Waals surface area (Å²) in [5.74, 6) is 5.64. The second-order valence-corrected chi connectivity index (χ2v) is 4.80. The van der Waals surface area contributed by atoms with Crippen molar-refractivity contribution in [2.75, 3.05) is 6.61 Å². The van der Waals surface area contributed by atoms with Gasteiger partial charge in [0.2, 0.25) is 0 Å². The van der Waals surface area contributed by atoms with Gasteiger partial charge in [-0.2, -0.15) is 0 Å². The zero-order chi connectivity index (χ0) is 16.5. The number of esters is 1. The number of carbonyl (C=O) groups is 1. The highest BCUT2D eigenvalue weighted by molar-refractivity contribution is 5.89. The van der Waals surface area contributed by atoms with E-state index in [1.165, 1.54) is 0 Å². The Morgan fingerprint density at radius 3 is 2.43 bits per heavy atom. The Morgan fingerprint density at radius 1 is 1.13 bits per heavy atom. The first-order valence-electron chi connectivity index (χ1n) is 7.38. The number of aliphatic hydroxyl groups excluding tert-OH is 1. The fourth-order valence-corrected chi connectivity index (χ4v) is 1.90. The first-order chi connectivity index (χ1) is 11.2. The van der Waals surface area contributed by atoms with Gasteiger partial charge in [0.1, 0.15) is 0 Å². The molecule has 2 aromatic carbocycles. The lowest BCUT2D eigenvalue weighted by Crippen LogP contribution is -2.03. The molecule has 23 heavy (non-hydrogen) atoms. The summed E-state index contributed by atoms with van der Waals surface area (Å²) in [6, 6.07) is 14.6. The largest absolute Gasteiger partial charge is 0.462 e. The highest BCUT2D eigenvalue weighted by Crippen LogP contribution is 2.07. The van der Waals surface area contributed by atoms with Crippen LogP contribution in [0, 0.1) is 11.8 Å². The Labute approximate surface area is 136 Å². The summed E-state index contributed by atoms with van der Waals surface area (Å²) in [5, 5.41) is 8.98. The number of carbonyl (C=O) groups excluding carboxylic acids is 1. The summed E-state index contributed by atoms with van der Waals surface area (Å²) in [5.41, 5.74) is 3.26. The summed E-state index contributed by atoms with van der Waals surface area (Å²) < 4.78 is 4.93. The number of allylic oxidation sites excluding steroid dienone is 1. The summed E-state index contributed by atoms with van der Waals surface area (Å²) >= 11 is 0. The van der Waals surface area contributed by atoms with Crippen LogP contribution in [0.4, 0.5) is 0 Å². The number of hydrogen-bond donors (Lipinski definition) is 1. The summed E-state index contributed by atoms with van der Waals surface area (Å²) in [7, 11) is 0. The van der Waals surface area contributed by atoms with Gasteiger partial charge in [0.15, 0.2) is 0 Å². The van der Waals surface area contributed by atoms with Crippen LogP contribution in [0.1, 0.15) is 34.0 Å². The summed E-state index contributed by atoms with van der Waals surface area (Å²) in [6.07, 6.45) is 3.67. The average molecular weight is 306 g/mol. The fraction of sp³-hybridized carbons (Fsp3) is 0.150. The normalized spacial score (nSPS) is 10.2. The smallest absolute Gasteiger partial charge is 0.338 e. The van der Waals surface area contributed by atoms with E-state index < -0.39 is 0 Å². The van der Waals surface area contributed by atoms with Gasteiger partial charge in [0.05, 0.1) is 18.8 Å². The molecule has 2 rings (SSSR count). The summed E-state index contributed by atoms with van der Waals surface area (Å²) in [6.45, 7) is 2.19. The maximum atomic E-state index is 11.5. The number of rotatable bonds is 4. The van der Waals surface area contributed by atoms with Crippen LogP contribution in [-0.4, -0.2) is 17.7 Å². The Hall–Kier alpha value is -2.83. The highest BCUT2D eigenvalue weighted by Gasteiger charge is 2.04. The van der Waals surface area contributed by atoms with Crippen LogP contribution in [0.25, 0.3) is 6.08 Å². The second kappa shape index (κ2) is 8.57. The molecule has 0 fully saturated rings. The van der Waals surface area contributed by atoms with Crippen molar-refractivity contribution in [3.8, 4) is 11.8 Å². The minimum atomic E-state index is -0.321. The fourth-order valence-electron chi connectivity index (χ4n) is 1.90. The quantitative estimate of drug-likeness (QED) is 0.695. The average Bonchev–Trinajstić information content (AvgIpc) is 2.60. The van der Waals surface area contributed by atoms with Gasteiger partial charge in [0.25, 0.3) is 0 Å². The number of benzene rings is 2. The third-order valence-electron chi connectivity index (χ3n) is 3.13. The Balaban J connectivity index is 1.98. The van der Waals surface area contributed by atoms with Crippen LogP contribution in [-0.2, 0) is 11.3 Å². The van der Waals surface area contributed by atoms with E-state index in [-0.39, 0.29) is 12.6 Å². The molecule has 2 aromatic rings. The minimum Gasteiger partial charge on any atom is -0.462 e. The molecule has 0 amide bonds. The van der Waals surface area contributed by atoms with Crippen molar-refractivity contribution in [3.63, 3.8) is 0 Å². The number of ether oxygens (including phenoxy) is 1. The zero-order valence-electron chi connectivity index (χ0n) is 13.0. The van der Waals surface area contributed by atoms with Gasteiger partial charge in [-0.15, -0.1) is 0 Å². The Morgan fingerprint density at radius 2 is 1.83 bits per heavy atom. The summed E-state index contributed by atoms with van der Waals surface area (Å²) in [4.78, 5) is 11.5. The number of aliphatic hydroxyl groups is 1. The molecule has 0 saturated carbocycles. The van der Waals surface area contributed by atoms with Crippen LogP contribution in [0.15, 0.2) is 54.6 Å². The molecule has 3 nitrogen and oxygen atoms in total. The van der Waals surface area contributed by atoms with Gasteiger partial charge in [0, 0.05) is 5.56 Å². The van der Waals surface area contributed by atoms with E-state index in [0.29, 0.717) is 12.2 Å². The van der Waals surface area contributed by atoms with E-state index in [0.717, 1.165) is 16.7 Å². The molecule has 0 atom stereocenters. The molecule has 3 heteroatoms. The molecule has 0 bridgehead atoms. The van der Waals surface area contributed by atoms with Crippen LogP contribution in [0.3, 0.4) is 0 Å². The van der Waals surface area contributed by atoms with Gasteiger partial charge in [-0.1, -0.05) is 36.1 Å². The van der Waals surface area contributed by atoms with Crippen molar-refractivity contribution >= 4 is 12.0 Å². The molecular weight excluding hydrogens is 288 g/mol.